The second-order valence-corrected chi connectivity index (χ2v) is 5.67. The van der Waals surface area contributed by atoms with Gasteiger partial charge in [-0.3, -0.25) is 4.79 Å². The lowest BCUT2D eigenvalue weighted by atomic mass is 10.1. The zero-order valence-electron chi connectivity index (χ0n) is 10.2. The van der Waals surface area contributed by atoms with Crippen LogP contribution in [-0.2, 0) is 6.42 Å². The van der Waals surface area contributed by atoms with Crippen LogP contribution in [0.2, 0.25) is 4.34 Å². The Balaban J connectivity index is 2.10. The molecule has 0 spiro atoms. The molecule has 0 saturated heterocycles. The van der Waals surface area contributed by atoms with E-state index in [-0.39, 0.29) is 5.78 Å². The van der Waals surface area contributed by atoms with Crippen molar-refractivity contribution in [1.29, 1.82) is 0 Å². The second-order valence-electron chi connectivity index (χ2n) is 4.02. The summed E-state index contributed by atoms with van der Waals surface area (Å²) in [6.45, 7) is 1.91. The van der Waals surface area contributed by atoms with Gasteiger partial charge in [0.25, 0.3) is 0 Å². The average Bonchev–Trinajstić information content (AvgIpc) is 2.71. The summed E-state index contributed by atoms with van der Waals surface area (Å²) in [6.07, 6.45) is 0.389. The molecule has 1 aromatic carbocycles. The number of halogens is 1. The van der Waals surface area contributed by atoms with Gasteiger partial charge in [-0.25, -0.2) is 0 Å². The van der Waals surface area contributed by atoms with Crippen LogP contribution in [0.15, 0.2) is 30.3 Å². The zero-order chi connectivity index (χ0) is 13.1. The Bertz CT molecular complexity index is 538. The molecule has 0 aliphatic rings. The van der Waals surface area contributed by atoms with E-state index in [1.54, 1.807) is 7.11 Å². The van der Waals surface area contributed by atoms with Crippen molar-refractivity contribution in [2.24, 2.45) is 0 Å². The third-order valence-corrected chi connectivity index (χ3v) is 4.25. The maximum atomic E-state index is 12.1. The summed E-state index contributed by atoms with van der Waals surface area (Å²) < 4.78 is 5.77. The van der Waals surface area contributed by atoms with Gasteiger partial charge in [0, 0.05) is 6.42 Å². The number of carbonyl (C=O) groups is 1. The number of hydrogen-bond acceptors (Lipinski definition) is 3. The summed E-state index contributed by atoms with van der Waals surface area (Å²) >= 11 is 7.31. The van der Waals surface area contributed by atoms with Crippen LogP contribution in [0.25, 0.3) is 0 Å². The van der Waals surface area contributed by atoms with Gasteiger partial charge < -0.3 is 4.74 Å². The summed E-state index contributed by atoms with van der Waals surface area (Å²) in [6, 6.07) is 9.36. The molecule has 2 rings (SSSR count). The van der Waals surface area contributed by atoms with Crippen LogP contribution in [0.1, 0.15) is 20.8 Å². The first kappa shape index (κ1) is 13.1. The molecule has 2 aromatic rings. The average molecular weight is 281 g/mol. The van der Waals surface area contributed by atoms with Crippen LogP contribution in [0.5, 0.6) is 5.75 Å². The normalized spacial score (nSPS) is 10.4. The molecule has 2 nitrogen and oxygen atoms in total. The number of carbonyl (C=O) groups excluding carboxylic acids is 1. The molecular weight excluding hydrogens is 268 g/mol. The Kier molecular flexibility index (Phi) is 4.04. The topological polar surface area (TPSA) is 26.3 Å². The quantitative estimate of drug-likeness (QED) is 0.787. The molecule has 0 radical (unpaired) electrons. The molecule has 1 heterocycles. The van der Waals surface area contributed by atoms with Crippen molar-refractivity contribution in [3.05, 3.63) is 50.7 Å². The summed E-state index contributed by atoms with van der Waals surface area (Å²) in [5.41, 5.74) is 1.93. The van der Waals surface area contributed by atoms with E-state index in [0.717, 1.165) is 16.9 Å². The van der Waals surface area contributed by atoms with Crippen LogP contribution >= 0.6 is 22.9 Å². The van der Waals surface area contributed by atoms with Crippen molar-refractivity contribution >= 4 is 28.7 Å². The Morgan fingerprint density at radius 2 is 2.00 bits per heavy atom. The Hall–Kier alpha value is -1.32. The number of hydrogen-bond donors (Lipinski definition) is 0. The van der Waals surface area contributed by atoms with Crippen molar-refractivity contribution in [2.75, 3.05) is 7.11 Å². The van der Waals surface area contributed by atoms with Crippen molar-refractivity contribution in [2.45, 2.75) is 13.3 Å². The summed E-state index contributed by atoms with van der Waals surface area (Å²) in [4.78, 5) is 12.8. The number of benzene rings is 1. The molecule has 0 unspecified atom stereocenters. The molecule has 0 atom stereocenters. The van der Waals surface area contributed by atoms with Crippen LogP contribution < -0.4 is 4.74 Å². The first-order valence-corrected chi connectivity index (χ1v) is 6.71. The van der Waals surface area contributed by atoms with Gasteiger partial charge in [-0.1, -0.05) is 23.7 Å². The maximum Gasteiger partial charge on any atom is 0.177 e. The zero-order valence-corrected chi connectivity index (χ0v) is 11.8. The van der Waals surface area contributed by atoms with E-state index >= 15 is 0 Å². The van der Waals surface area contributed by atoms with Gasteiger partial charge >= 0.3 is 0 Å². The minimum absolute atomic E-state index is 0.0974. The molecule has 0 N–H and O–H groups in total. The number of methoxy groups -OCH3 is 1. The highest BCUT2D eigenvalue weighted by molar-refractivity contribution is 7.18. The highest BCUT2D eigenvalue weighted by Gasteiger charge is 2.12. The van der Waals surface area contributed by atoms with Crippen LogP contribution in [0.4, 0.5) is 0 Å². The number of aryl methyl sites for hydroxylation is 1. The minimum Gasteiger partial charge on any atom is -0.497 e. The highest BCUT2D eigenvalue weighted by atomic mass is 35.5. The SMILES string of the molecule is COc1ccc(CC(=O)c2cc(C)c(Cl)s2)cc1. The largest absolute Gasteiger partial charge is 0.497 e. The molecule has 94 valence electrons. The van der Waals surface area contributed by atoms with E-state index in [1.807, 2.05) is 37.3 Å². The van der Waals surface area contributed by atoms with Crippen LogP contribution in [0, 0.1) is 6.92 Å². The lowest BCUT2D eigenvalue weighted by molar-refractivity contribution is 0.0997. The van der Waals surface area contributed by atoms with E-state index in [0.29, 0.717) is 15.6 Å². The van der Waals surface area contributed by atoms with Crippen molar-refractivity contribution in [3.8, 4) is 5.75 Å². The molecule has 0 saturated carbocycles. The number of rotatable bonds is 4. The van der Waals surface area contributed by atoms with E-state index in [2.05, 4.69) is 0 Å². The molecule has 4 heteroatoms. The van der Waals surface area contributed by atoms with Gasteiger partial charge in [-0.15, -0.1) is 11.3 Å². The van der Waals surface area contributed by atoms with Crippen molar-refractivity contribution in [1.82, 2.24) is 0 Å². The number of ketones is 1. The summed E-state index contributed by atoms with van der Waals surface area (Å²) in [5, 5.41) is 0. The molecule has 1 aromatic heterocycles. The second kappa shape index (κ2) is 5.55. The molecule has 0 aliphatic heterocycles. The molecule has 0 fully saturated rings. The van der Waals surface area contributed by atoms with Gasteiger partial charge in [0.2, 0.25) is 0 Å². The van der Waals surface area contributed by atoms with Crippen LogP contribution in [-0.4, -0.2) is 12.9 Å². The molecule has 0 amide bonds. The van der Waals surface area contributed by atoms with Crippen molar-refractivity contribution < 1.29 is 9.53 Å². The third-order valence-electron chi connectivity index (χ3n) is 2.66. The molecular formula is C14H13ClO2S. The van der Waals surface area contributed by atoms with Gasteiger partial charge in [-0.2, -0.15) is 0 Å². The number of thiophene rings is 1. The fourth-order valence-electron chi connectivity index (χ4n) is 1.61. The first-order chi connectivity index (χ1) is 8.60. The highest BCUT2D eigenvalue weighted by Crippen LogP contribution is 2.27. The predicted octanol–water partition coefficient (Wildman–Crippen LogP) is 4.14. The van der Waals surface area contributed by atoms with Gasteiger partial charge in [0.15, 0.2) is 5.78 Å². The van der Waals surface area contributed by atoms with E-state index in [1.165, 1.54) is 11.3 Å². The maximum absolute atomic E-state index is 12.1. The summed E-state index contributed by atoms with van der Waals surface area (Å²) in [5.74, 6) is 0.890. The first-order valence-electron chi connectivity index (χ1n) is 5.52. The Morgan fingerprint density at radius 1 is 1.33 bits per heavy atom. The fourth-order valence-corrected chi connectivity index (χ4v) is 2.75. The molecule has 0 bridgehead atoms. The Labute approximate surface area is 115 Å². The number of Topliss-reactive ketones (excluding diaryl/α,β-unsaturated/α-hetero) is 1. The molecule has 0 aliphatic carbocycles. The van der Waals surface area contributed by atoms with E-state index in [4.69, 9.17) is 16.3 Å². The third kappa shape index (κ3) is 2.92. The molecule has 18 heavy (non-hydrogen) atoms. The minimum atomic E-state index is 0.0974. The van der Waals surface area contributed by atoms with Gasteiger partial charge in [-0.05, 0) is 36.2 Å². The van der Waals surface area contributed by atoms with E-state index < -0.39 is 0 Å². The summed E-state index contributed by atoms with van der Waals surface area (Å²) in [7, 11) is 1.62. The number of ether oxygens (including phenoxy) is 1. The van der Waals surface area contributed by atoms with Gasteiger partial charge in [0.1, 0.15) is 5.75 Å². The lowest BCUT2D eigenvalue weighted by Crippen LogP contribution is -2.00. The fraction of sp³-hybridized carbons (Fsp3) is 0.214. The predicted molar refractivity (Wildman–Crippen MR) is 75.1 cm³/mol. The van der Waals surface area contributed by atoms with Crippen LogP contribution in [0.3, 0.4) is 0 Å². The lowest BCUT2D eigenvalue weighted by Gasteiger charge is -2.02. The van der Waals surface area contributed by atoms with Gasteiger partial charge in [0.05, 0.1) is 16.3 Å². The standard InChI is InChI=1S/C14H13ClO2S/c1-9-7-13(18-14(9)15)12(16)8-10-3-5-11(17-2)6-4-10/h3-7H,8H2,1-2H3. The smallest absolute Gasteiger partial charge is 0.177 e. The monoisotopic (exact) mass is 280 g/mol. The van der Waals surface area contributed by atoms with E-state index in [9.17, 15) is 4.79 Å². The Morgan fingerprint density at radius 3 is 2.50 bits per heavy atom. The van der Waals surface area contributed by atoms with Crippen molar-refractivity contribution in [3.63, 3.8) is 0 Å².